The highest BCUT2D eigenvalue weighted by atomic mass is 79.9. The molecule has 0 spiro atoms. The van der Waals surface area contributed by atoms with E-state index in [-0.39, 0.29) is 18.3 Å². The molecule has 78 valence electrons. The van der Waals surface area contributed by atoms with Gasteiger partial charge in [-0.15, -0.1) is 0 Å². The lowest BCUT2D eigenvalue weighted by molar-refractivity contribution is 0.222. The first-order chi connectivity index (χ1) is 6.67. The summed E-state index contributed by atoms with van der Waals surface area (Å²) in [5.41, 5.74) is 0.922. The normalized spacial score (nSPS) is 12.9. The minimum absolute atomic E-state index is 0.152. The van der Waals surface area contributed by atoms with E-state index in [1.807, 2.05) is 6.92 Å². The Hall–Kier alpha value is -0.410. The molecule has 0 saturated carbocycles. The van der Waals surface area contributed by atoms with Gasteiger partial charge in [0.25, 0.3) is 0 Å². The van der Waals surface area contributed by atoms with Crippen LogP contribution in [0.25, 0.3) is 0 Å². The van der Waals surface area contributed by atoms with Crippen molar-refractivity contribution in [1.82, 2.24) is 0 Å². The zero-order chi connectivity index (χ0) is 10.6. The maximum atomic E-state index is 12.9. The first kappa shape index (κ1) is 11.7. The molecule has 0 fully saturated rings. The number of rotatable bonds is 4. The van der Waals surface area contributed by atoms with Crippen molar-refractivity contribution in [3.8, 4) is 0 Å². The zero-order valence-corrected chi connectivity index (χ0v) is 9.72. The lowest BCUT2D eigenvalue weighted by atomic mass is 9.98. The highest BCUT2D eigenvalue weighted by Crippen LogP contribution is 2.21. The van der Waals surface area contributed by atoms with Crippen LogP contribution in [0, 0.1) is 11.7 Å². The van der Waals surface area contributed by atoms with Crippen LogP contribution in [0.3, 0.4) is 0 Å². The van der Waals surface area contributed by atoms with Crippen LogP contribution < -0.4 is 0 Å². The molecule has 0 saturated heterocycles. The molecule has 0 bridgehead atoms. The molecule has 0 aromatic heterocycles. The summed E-state index contributed by atoms with van der Waals surface area (Å²) in [4.78, 5) is 0. The molecule has 0 aliphatic carbocycles. The monoisotopic (exact) mass is 260 g/mol. The second-order valence-electron chi connectivity index (χ2n) is 3.40. The van der Waals surface area contributed by atoms with Gasteiger partial charge in [0.2, 0.25) is 0 Å². The summed E-state index contributed by atoms with van der Waals surface area (Å²) in [6, 6.07) is 4.64. The molecule has 1 aromatic carbocycles. The summed E-state index contributed by atoms with van der Waals surface area (Å²) in [7, 11) is 0. The fourth-order valence-corrected chi connectivity index (χ4v) is 1.76. The van der Waals surface area contributed by atoms with Crippen LogP contribution in [0.4, 0.5) is 4.39 Å². The van der Waals surface area contributed by atoms with Crippen molar-refractivity contribution in [3.63, 3.8) is 0 Å². The van der Waals surface area contributed by atoms with E-state index in [9.17, 15) is 4.39 Å². The maximum Gasteiger partial charge on any atom is 0.123 e. The van der Waals surface area contributed by atoms with Crippen LogP contribution >= 0.6 is 15.9 Å². The van der Waals surface area contributed by atoms with Gasteiger partial charge in [-0.3, -0.25) is 0 Å². The van der Waals surface area contributed by atoms with E-state index in [0.717, 1.165) is 16.5 Å². The maximum absolute atomic E-state index is 12.9. The molecule has 0 radical (unpaired) electrons. The van der Waals surface area contributed by atoms with Crippen LogP contribution in [-0.4, -0.2) is 11.7 Å². The molecule has 1 atom stereocenters. The summed E-state index contributed by atoms with van der Waals surface area (Å²) in [6.45, 7) is 2.17. The lowest BCUT2D eigenvalue weighted by Gasteiger charge is -2.12. The van der Waals surface area contributed by atoms with Gasteiger partial charge in [-0.25, -0.2) is 4.39 Å². The number of hydrogen-bond acceptors (Lipinski definition) is 1. The molecule has 0 amide bonds. The number of aliphatic hydroxyl groups is 1. The summed E-state index contributed by atoms with van der Waals surface area (Å²) in [5, 5.41) is 9.04. The van der Waals surface area contributed by atoms with E-state index in [0.29, 0.717) is 6.42 Å². The van der Waals surface area contributed by atoms with Crippen LogP contribution in [0.5, 0.6) is 0 Å². The lowest BCUT2D eigenvalue weighted by Crippen LogP contribution is -2.08. The van der Waals surface area contributed by atoms with Gasteiger partial charge in [0.1, 0.15) is 5.82 Å². The molecule has 0 aliphatic rings. The van der Waals surface area contributed by atoms with Gasteiger partial charge < -0.3 is 5.11 Å². The van der Waals surface area contributed by atoms with Crippen molar-refractivity contribution >= 4 is 15.9 Å². The number of benzene rings is 1. The molecule has 14 heavy (non-hydrogen) atoms. The summed E-state index contributed by atoms with van der Waals surface area (Å²) in [6.07, 6.45) is 1.62. The number of aliphatic hydroxyl groups excluding tert-OH is 1. The third-order valence-electron chi connectivity index (χ3n) is 2.35. The average molecular weight is 261 g/mol. The molecule has 3 heteroatoms. The van der Waals surface area contributed by atoms with E-state index in [2.05, 4.69) is 15.9 Å². The fourth-order valence-electron chi connectivity index (χ4n) is 1.35. The third kappa shape index (κ3) is 3.07. The molecule has 1 unspecified atom stereocenters. The van der Waals surface area contributed by atoms with E-state index in [1.54, 1.807) is 6.07 Å². The van der Waals surface area contributed by atoms with Crippen LogP contribution in [-0.2, 0) is 6.42 Å². The smallest absolute Gasteiger partial charge is 0.123 e. The second kappa shape index (κ2) is 5.47. The average Bonchev–Trinajstić information content (AvgIpc) is 2.19. The Morgan fingerprint density at radius 3 is 2.79 bits per heavy atom. The van der Waals surface area contributed by atoms with Crippen molar-refractivity contribution in [2.75, 3.05) is 6.61 Å². The Balaban J connectivity index is 2.79. The predicted octanol–water partition coefficient (Wildman–Crippen LogP) is 3.15. The van der Waals surface area contributed by atoms with Gasteiger partial charge in [0.05, 0.1) is 0 Å². The van der Waals surface area contributed by atoms with Crippen molar-refractivity contribution in [3.05, 3.63) is 34.1 Å². The molecule has 0 aliphatic heterocycles. The van der Waals surface area contributed by atoms with Crippen LogP contribution in [0.15, 0.2) is 22.7 Å². The topological polar surface area (TPSA) is 20.2 Å². The number of hydrogen-bond donors (Lipinski definition) is 1. The van der Waals surface area contributed by atoms with Crippen molar-refractivity contribution < 1.29 is 9.50 Å². The minimum Gasteiger partial charge on any atom is -0.396 e. The zero-order valence-electron chi connectivity index (χ0n) is 8.13. The Kier molecular flexibility index (Phi) is 4.55. The van der Waals surface area contributed by atoms with Crippen LogP contribution in [0.1, 0.15) is 18.9 Å². The van der Waals surface area contributed by atoms with Gasteiger partial charge in [0, 0.05) is 11.1 Å². The Morgan fingerprint density at radius 2 is 2.21 bits per heavy atom. The minimum atomic E-state index is -0.226. The quantitative estimate of drug-likeness (QED) is 0.882. The SMILES string of the molecule is CCC(CO)Cc1cc(F)ccc1Br. The molecular weight excluding hydrogens is 247 g/mol. The van der Waals surface area contributed by atoms with E-state index >= 15 is 0 Å². The van der Waals surface area contributed by atoms with Crippen molar-refractivity contribution in [2.24, 2.45) is 5.92 Å². The first-order valence-corrected chi connectivity index (χ1v) is 5.51. The van der Waals surface area contributed by atoms with Gasteiger partial charge >= 0.3 is 0 Å². The Labute approximate surface area is 92.1 Å². The second-order valence-corrected chi connectivity index (χ2v) is 4.25. The highest BCUT2D eigenvalue weighted by molar-refractivity contribution is 9.10. The number of halogens is 2. The van der Waals surface area contributed by atoms with Gasteiger partial charge in [-0.1, -0.05) is 29.3 Å². The van der Waals surface area contributed by atoms with E-state index < -0.39 is 0 Å². The standard InChI is InChI=1S/C11H14BrFO/c1-2-8(7-14)5-9-6-10(13)3-4-11(9)12/h3-4,6,8,14H,2,5,7H2,1H3. The largest absolute Gasteiger partial charge is 0.396 e. The fraction of sp³-hybridized carbons (Fsp3) is 0.455. The molecular formula is C11H14BrFO. The van der Waals surface area contributed by atoms with Gasteiger partial charge in [-0.2, -0.15) is 0 Å². The Morgan fingerprint density at radius 1 is 1.50 bits per heavy atom. The molecule has 1 rings (SSSR count). The summed E-state index contributed by atoms with van der Waals surface area (Å²) in [5.74, 6) is -0.0101. The molecule has 1 N–H and O–H groups in total. The highest BCUT2D eigenvalue weighted by Gasteiger charge is 2.09. The van der Waals surface area contributed by atoms with Gasteiger partial charge in [0.15, 0.2) is 0 Å². The molecule has 0 heterocycles. The summed E-state index contributed by atoms with van der Waals surface area (Å²) >= 11 is 3.37. The molecule has 1 aromatic rings. The van der Waals surface area contributed by atoms with E-state index in [1.165, 1.54) is 12.1 Å². The third-order valence-corrected chi connectivity index (χ3v) is 3.13. The van der Waals surface area contributed by atoms with Crippen LogP contribution in [0.2, 0.25) is 0 Å². The van der Waals surface area contributed by atoms with Crippen molar-refractivity contribution in [1.29, 1.82) is 0 Å². The van der Waals surface area contributed by atoms with Gasteiger partial charge in [-0.05, 0) is 36.1 Å². The van der Waals surface area contributed by atoms with E-state index in [4.69, 9.17) is 5.11 Å². The molecule has 1 nitrogen and oxygen atoms in total. The Bertz CT molecular complexity index is 297. The predicted molar refractivity (Wildman–Crippen MR) is 58.7 cm³/mol. The summed E-state index contributed by atoms with van der Waals surface area (Å²) < 4.78 is 13.8. The van der Waals surface area contributed by atoms with Crippen molar-refractivity contribution in [2.45, 2.75) is 19.8 Å². The first-order valence-electron chi connectivity index (χ1n) is 4.72.